The highest BCUT2D eigenvalue weighted by Gasteiger charge is 2.34. The molecule has 94 valence electrons. The van der Waals surface area contributed by atoms with Crippen molar-refractivity contribution < 1.29 is 4.39 Å². The Bertz CT molecular complexity index is 382. The first-order valence-corrected chi connectivity index (χ1v) is 6.68. The first-order valence-electron chi connectivity index (χ1n) is 6.30. The van der Waals surface area contributed by atoms with E-state index in [0.717, 1.165) is 12.1 Å². The second-order valence-electron chi connectivity index (χ2n) is 5.02. The van der Waals surface area contributed by atoms with Gasteiger partial charge in [0.25, 0.3) is 0 Å². The van der Waals surface area contributed by atoms with E-state index in [1.165, 1.54) is 31.7 Å². The molecule has 1 aliphatic carbocycles. The molecular weight excluding hydrogens is 237 g/mol. The van der Waals surface area contributed by atoms with Crippen LogP contribution in [0.5, 0.6) is 0 Å². The predicted molar refractivity (Wildman–Crippen MR) is 69.7 cm³/mol. The normalized spacial score (nSPS) is 17.8. The third-order valence-electron chi connectivity index (χ3n) is 4.01. The van der Waals surface area contributed by atoms with E-state index < -0.39 is 0 Å². The summed E-state index contributed by atoms with van der Waals surface area (Å²) in [5.41, 5.74) is 1.33. The minimum absolute atomic E-state index is 0.249. The Kier molecular flexibility index (Phi) is 4.05. The highest BCUT2D eigenvalue weighted by atomic mass is 35.5. The van der Waals surface area contributed by atoms with Gasteiger partial charge in [0.1, 0.15) is 5.82 Å². The van der Waals surface area contributed by atoms with Crippen molar-refractivity contribution >= 4 is 11.6 Å². The molecule has 0 amide bonds. The Morgan fingerprint density at radius 3 is 2.76 bits per heavy atom. The molecule has 0 aromatic heterocycles. The van der Waals surface area contributed by atoms with Crippen LogP contribution in [0.4, 0.5) is 4.39 Å². The van der Waals surface area contributed by atoms with Crippen molar-refractivity contribution in [2.75, 3.05) is 6.54 Å². The fourth-order valence-electron chi connectivity index (χ4n) is 2.48. The van der Waals surface area contributed by atoms with Gasteiger partial charge in [-0.3, -0.25) is 0 Å². The van der Waals surface area contributed by atoms with Gasteiger partial charge in [-0.2, -0.15) is 0 Å². The molecule has 0 unspecified atom stereocenters. The van der Waals surface area contributed by atoms with Gasteiger partial charge >= 0.3 is 0 Å². The Balaban J connectivity index is 1.88. The monoisotopic (exact) mass is 255 g/mol. The van der Waals surface area contributed by atoms with Crippen molar-refractivity contribution in [2.24, 2.45) is 5.41 Å². The molecule has 2 rings (SSSR count). The fraction of sp³-hybridized carbons (Fsp3) is 0.571. The summed E-state index contributed by atoms with van der Waals surface area (Å²) in [7, 11) is 0. The summed E-state index contributed by atoms with van der Waals surface area (Å²) in [4.78, 5) is 0. The molecular formula is C14H19ClFN. The molecule has 0 bridgehead atoms. The van der Waals surface area contributed by atoms with Crippen molar-refractivity contribution in [1.29, 1.82) is 0 Å². The van der Waals surface area contributed by atoms with Crippen LogP contribution in [-0.2, 0) is 6.54 Å². The topological polar surface area (TPSA) is 12.0 Å². The fourth-order valence-corrected chi connectivity index (χ4v) is 2.67. The lowest BCUT2D eigenvalue weighted by Crippen LogP contribution is -2.39. The molecule has 1 aromatic rings. The number of rotatable bonds is 5. The van der Waals surface area contributed by atoms with Crippen LogP contribution >= 0.6 is 11.6 Å². The molecule has 3 heteroatoms. The van der Waals surface area contributed by atoms with Crippen LogP contribution in [0.15, 0.2) is 18.2 Å². The Morgan fingerprint density at radius 1 is 1.41 bits per heavy atom. The summed E-state index contributed by atoms with van der Waals surface area (Å²) in [5.74, 6) is -0.334. The van der Waals surface area contributed by atoms with Gasteiger partial charge in [0.05, 0.1) is 5.02 Å². The van der Waals surface area contributed by atoms with Gasteiger partial charge in [-0.05, 0) is 36.3 Å². The molecule has 0 saturated heterocycles. The molecule has 1 N–H and O–H groups in total. The van der Waals surface area contributed by atoms with Crippen molar-refractivity contribution in [3.8, 4) is 0 Å². The third kappa shape index (κ3) is 2.80. The summed E-state index contributed by atoms with van der Waals surface area (Å²) in [6.07, 6.45) is 5.19. The Labute approximate surface area is 107 Å². The number of hydrogen-bond acceptors (Lipinski definition) is 1. The highest BCUT2D eigenvalue weighted by Crippen LogP contribution is 2.43. The maximum absolute atomic E-state index is 13.2. The summed E-state index contributed by atoms with van der Waals surface area (Å²) in [5, 5.41) is 3.66. The van der Waals surface area contributed by atoms with Gasteiger partial charge in [-0.1, -0.05) is 37.1 Å². The van der Waals surface area contributed by atoms with Crippen molar-refractivity contribution in [2.45, 2.75) is 39.2 Å². The smallest absolute Gasteiger partial charge is 0.142 e. The zero-order valence-corrected chi connectivity index (χ0v) is 11.0. The lowest BCUT2D eigenvalue weighted by Gasteiger charge is -2.41. The second kappa shape index (κ2) is 5.36. The summed E-state index contributed by atoms with van der Waals surface area (Å²) in [6.45, 7) is 3.91. The van der Waals surface area contributed by atoms with Crippen molar-refractivity contribution in [3.05, 3.63) is 34.6 Å². The van der Waals surface area contributed by atoms with E-state index in [2.05, 4.69) is 12.2 Å². The second-order valence-corrected chi connectivity index (χ2v) is 5.40. The molecule has 1 fully saturated rings. The van der Waals surface area contributed by atoms with Crippen LogP contribution in [0, 0.1) is 11.2 Å². The van der Waals surface area contributed by atoms with Gasteiger partial charge in [0, 0.05) is 13.1 Å². The molecule has 0 atom stereocenters. The maximum atomic E-state index is 13.2. The summed E-state index contributed by atoms with van der Waals surface area (Å²) >= 11 is 5.91. The number of halogens is 2. The van der Waals surface area contributed by atoms with E-state index in [1.54, 1.807) is 6.07 Å². The number of nitrogens with one attached hydrogen (secondary N) is 1. The van der Waals surface area contributed by atoms with Crippen LogP contribution in [0.25, 0.3) is 0 Å². The first-order chi connectivity index (χ1) is 8.17. The van der Waals surface area contributed by atoms with Crippen LogP contribution in [0.2, 0.25) is 5.02 Å². The quantitative estimate of drug-likeness (QED) is 0.834. The van der Waals surface area contributed by atoms with E-state index in [4.69, 9.17) is 11.6 Å². The van der Waals surface area contributed by atoms with E-state index in [0.29, 0.717) is 12.0 Å². The lowest BCUT2D eigenvalue weighted by atomic mass is 9.67. The largest absolute Gasteiger partial charge is 0.312 e. The Morgan fingerprint density at radius 2 is 2.18 bits per heavy atom. The lowest BCUT2D eigenvalue weighted by molar-refractivity contribution is 0.124. The summed E-state index contributed by atoms with van der Waals surface area (Å²) in [6, 6.07) is 4.97. The van der Waals surface area contributed by atoms with E-state index in [-0.39, 0.29) is 10.8 Å². The van der Waals surface area contributed by atoms with Crippen molar-refractivity contribution in [1.82, 2.24) is 5.32 Å². The van der Waals surface area contributed by atoms with Crippen molar-refractivity contribution in [3.63, 3.8) is 0 Å². The molecule has 1 nitrogen and oxygen atoms in total. The number of hydrogen-bond donors (Lipinski definition) is 1. The third-order valence-corrected chi connectivity index (χ3v) is 4.43. The van der Waals surface area contributed by atoms with Gasteiger partial charge in [-0.15, -0.1) is 0 Å². The molecule has 0 radical (unpaired) electrons. The van der Waals surface area contributed by atoms with Crippen LogP contribution < -0.4 is 5.32 Å². The molecule has 17 heavy (non-hydrogen) atoms. The molecule has 1 aliphatic rings. The molecule has 1 saturated carbocycles. The molecule has 0 heterocycles. The SMILES string of the molecule is CCC1(CNCc2cccc(F)c2Cl)CCC1. The van der Waals surface area contributed by atoms with E-state index in [1.807, 2.05) is 6.07 Å². The van der Waals surface area contributed by atoms with Gasteiger partial charge < -0.3 is 5.32 Å². The average molecular weight is 256 g/mol. The van der Waals surface area contributed by atoms with E-state index in [9.17, 15) is 4.39 Å². The van der Waals surface area contributed by atoms with Crippen LogP contribution in [-0.4, -0.2) is 6.54 Å². The minimum Gasteiger partial charge on any atom is -0.312 e. The predicted octanol–water partition coefficient (Wildman–Crippen LogP) is 4.15. The zero-order valence-electron chi connectivity index (χ0n) is 10.2. The number of benzene rings is 1. The molecule has 0 spiro atoms. The van der Waals surface area contributed by atoms with Crippen LogP contribution in [0.3, 0.4) is 0 Å². The van der Waals surface area contributed by atoms with Gasteiger partial charge in [0.2, 0.25) is 0 Å². The van der Waals surface area contributed by atoms with Crippen LogP contribution in [0.1, 0.15) is 38.2 Å². The zero-order chi connectivity index (χ0) is 12.3. The molecule has 1 aromatic carbocycles. The van der Waals surface area contributed by atoms with Gasteiger partial charge in [0.15, 0.2) is 0 Å². The standard InChI is InChI=1S/C14H19ClFN/c1-2-14(7-4-8-14)10-17-9-11-5-3-6-12(16)13(11)15/h3,5-6,17H,2,4,7-10H2,1H3. The highest BCUT2D eigenvalue weighted by molar-refractivity contribution is 6.31. The maximum Gasteiger partial charge on any atom is 0.142 e. The first kappa shape index (κ1) is 12.8. The Hall–Kier alpha value is -0.600. The summed E-state index contributed by atoms with van der Waals surface area (Å²) < 4.78 is 13.2. The molecule has 0 aliphatic heterocycles. The van der Waals surface area contributed by atoms with E-state index >= 15 is 0 Å². The minimum atomic E-state index is -0.334. The van der Waals surface area contributed by atoms with Gasteiger partial charge in [-0.25, -0.2) is 4.39 Å². The average Bonchev–Trinajstić information content (AvgIpc) is 2.28.